The molecule has 4 rings (SSSR count). The van der Waals surface area contributed by atoms with Gasteiger partial charge in [-0.2, -0.15) is 0 Å². The normalized spacial score (nSPS) is 16.1. The highest BCUT2D eigenvalue weighted by atomic mass is 31.2. The average Bonchev–Trinajstić information content (AvgIpc) is 3.10. The molecule has 0 bridgehead atoms. The first kappa shape index (κ1) is 36.3. The topological polar surface area (TPSA) is 153 Å². The molecule has 0 saturated carbocycles. The summed E-state index contributed by atoms with van der Waals surface area (Å²) >= 11 is 0. The van der Waals surface area contributed by atoms with E-state index in [-0.39, 0.29) is 50.5 Å². The summed E-state index contributed by atoms with van der Waals surface area (Å²) in [5, 5.41) is 2.86. The maximum Gasteiger partial charge on any atom is 0.409 e. The van der Waals surface area contributed by atoms with Gasteiger partial charge in [0.1, 0.15) is 17.6 Å². The highest BCUT2D eigenvalue weighted by Gasteiger charge is 2.34. The van der Waals surface area contributed by atoms with Crippen LogP contribution in [0.25, 0.3) is 11.4 Å². The van der Waals surface area contributed by atoms with Gasteiger partial charge in [0.25, 0.3) is 5.91 Å². The van der Waals surface area contributed by atoms with E-state index in [2.05, 4.69) is 10.3 Å². The smallest absolute Gasteiger partial charge is 0.409 e. The molecule has 0 spiro atoms. The van der Waals surface area contributed by atoms with Crippen LogP contribution in [0, 0.1) is 0 Å². The van der Waals surface area contributed by atoms with Crippen molar-refractivity contribution >= 4 is 31.3 Å². The number of hydrogen-bond donors (Lipinski definition) is 1. The molecule has 2 aliphatic heterocycles. The maximum absolute atomic E-state index is 13.9. The Hall–Kier alpha value is -3.58. The van der Waals surface area contributed by atoms with Gasteiger partial charge in [-0.05, 0) is 26.7 Å². The van der Waals surface area contributed by atoms with E-state index in [1.54, 1.807) is 29.7 Å². The Morgan fingerprint density at radius 3 is 2.23 bits per heavy atom. The van der Waals surface area contributed by atoms with Crippen LogP contribution in [0.5, 0.6) is 0 Å². The van der Waals surface area contributed by atoms with Crippen molar-refractivity contribution in [1.29, 1.82) is 0 Å². The van der Waals surface area contributed by atoms with Crippen LogP contribution in [0.4, 0.5) is 10.6 Å². The molecule has 2 aromatic rings. The Morgan fingerprint density at radius 2 is 1.60 bits per heavy atom. The van der Waals surface area contributed by atoms with Crippen molar-refractivity contribution in [3.63, 3.8) is 0 Å². The molecule has 1 unspecified atom stereocenters. The molecule has 1 N–H and O–H groups in total. The first-order chi connectivity index (χ1) is 22.8. The third kappa shape index (κ3) is 10.5. The molecule has 14 nitrogen and oxygen atoms in total. The molecule has 258 valence electrons. The second-order valence-electron chi connectivity index (χ2n) is 11.2. The zero-order valence-corrected chi connectivity index (χ0v) is 28.5. The van der Waals surface area contributed by atoms with Crippen LogP contribution in [0.2, 0.25) is 0 Å². The number of ether oxygens (including phenoxy) is 2. The van der Waals surface area contributed by atoms with Gasteiger partial charge in [0.15, 0.2) is 5.82 Å². The van der Waals surface area contributed by atoms with Crippen molar-refractivity contribution in [2.45, 2.75) is 46.1 Å². The second kappa shape index (κ2) is 18.1. The van der Waals surface area contributed by atoms with Gasteiger partial charge in [0, 0.05) is 50.9 Å². The predicted molar refractivity (Wildman–Crippen MR) is 177 cm³/mol. The van der Waals surface area contributed by atoms with Gasteiger partial charge >= 0.3 is 13.7 Å². The molecule has 3 heterocycles. The van der Waals surface area contributed by atoms with Gasteiger partial charge in [0.2, 0.25) is 5.91 Å². The minimum Gasteiger partial charge on any atom is -0.449 e. The average molecular weight is 675 g/mol. The first-order valence-electron chi connectivity index (χ1n) is 16.4. The number of benzene rings is 1. The molecule has 1 aromatic carbocycles. The minimum absolute atomic E-state index is 0.00801. The quantitative estimate of drug-likeness (QED) is 0.217. The van der Waals surface area contributed by atoms with Crippen molar-refractivity contribution < 1.29 is 37.5 Å². The number of nitrogens with zero attached hydrogens (tertiary/aromatic N) is 5. The van der Waals surface area contributed by atoms with E-state index in [0.29, 0.717) is 57.6 Å². The van der Waals surface area contributed by atoms with E-state index < -0.39 is 25.6 Å². The van der Waals surface area contributed by atoms with Gasteiger partial charge in [0.05, 0.1) is 39.2 Å². The number of aromatic nitrogens is 2. The molecular weight excluding hydrogens is 627 g/mol. The van der Waals surface area contributed by atoms with E-state index in [1.807, 2.05) is 42.2 Å². The van der Waals surface area contributed by atoms with Crippen LogP contribution < -0.4 is 10.2 Å². The highest BCUT2D eigenvalue weighted by molar-refractivity contribution is 7.53. The lowest BCUT2D eigenvalue weighted by Gasteiger charge is -2.36. The molecule has 0 aliphatic carbocycles. The summed E-state index contributed by atoms with van der Waals surface area (Å²) in [7, 11) is -3.51. The van der Waals surface area contributed by atoms with Crippen LogP contribution in [0.3, 0.4) is 0 Å². The van der Waals surface area contributed by atoms with E-state index in [1.165, 1.54) is 0 Å². The van der Waals surface area contributed by atoms with Gasteiger partial charge < -0.3 is 38.5 Å². The summed E-state index contributed by atoms with van der Waals surface area (Å²) in [4.78, 5) is 54.8. The number of unbranched alkanes of at least 4 members (excludes halogenated alkanes) is 1. The Bertz CT molecular complexity index is 1360. The third-order valence-corrected chi connectivity index (χ3v) is 9.94. The number of anilines is 1. The van der Waals surface area contributed by atoms with Crippen LogP contribution in [-0.2, 0) is 27.9 Å². The van der Waals surface area contributed by atoms with E-state index in [9.17, 15) is 18.9 Å². The van der Waals surface area contributed by atoms with Crippen LogP contribution in [0.1, 0.15) is 50.5 Å². The number of carbonyl (C=O) groups is 3. The zero-order valence-electron chi connectivity index (χ0n) is 27.6. The van der Waals surface area contributed by atoms with Gasteiger partial charge in [-0.3, -0.25) is 14.2 Å². The fourth-order valence-electron chi connectivity index (χ4n) is 5.28. The number of nitrogens with one attached hydrogen (secondary N) is 1. The van der Waals surface area contributed by atoms with E-state index in [0.717, 1.165) is 18.4 Å². The fourth-order valence-corrected chi connectivity index (χ4v) is 6.98. The standard InChI is InChI=1S/C32H47N6O8P/c1-4-7-20-44-32(41)38-16-14-37(15-17-38)31(40)26(13-23-47(42,45-5-2)46-6-3)34-30(39)27-24-28(36-18-21-43-22-19-36)35-29(33-27)25-11-9-8-10-12-25/h8-12,24,26H,4-7,13-23H2,1-3H3,(H,34,39). The maximum atomic E-state index is 13.9. The Kier molecular flexibility index (Phi) is 14.0. The van der Waals surface area contributed by atoms with Crippen molar-refractivity contribution in [3.8, 4) is 11.4 Å². The molecule has 1 atom stereocenters. The monoisotopic (exact) mass is 674 g/mol. The molecule has 3 amide bonds. The molecule has 47 heavy (non-hydrogen) atoms. The third-order valence-electron chi connectivity index (χ3n) is 7.83. The highest BCUT2D eigenvalue weighted by Crippen LogP contribution is 2.48. The fraction of sp³-hybridized carbons (Fsp3) is 0.594. The molecule has 2 aliphatic rings. The number of hydrogen-bond acceptors (Lipinski definition) is 11. The first-order valence-corrected chi connectivity index (χ1v) is 18.2. The largest absolute Gasteiger partial charge is 0.449 e. The SMILES string of the molecule is CCCCOC(=O)N1CCN(C(=O)C(CCP(=O)(OCC)OCC)NC(=O)c2cc(N3CCOCC3)nc(-c3ccccc3)n2)CC1. The number of amides is 3. The molecule has 2 saturated heterocycles. The molecule has 1 aromatic heterocycles. The molecule has 2 fully saturated rings. The number of carbonyl (C=O) groups excluding carboxylic acids is 3. The summed E-state index contributed by atoms with van der Waals surface area (Å²) in [6.07, 6.45) is 1.23. The van der Waals surface area contributed by atoms with Crippen LogP contribution >= 0.6 is 7.60 Å². The summed E-state index contributed by atoms with van der Waals surface area (Å²) in [6.45, 7) is 9.54. The van der Waals surface area contributed by atoms with Crippen molar-refractivity contribution in [2.75, 3.05) is 83.4 Å². The lowest BCUT2D eigenvalue weighted by atomic mass is 10.1. The van der Waals surface area contributed by atoms with Crippen LogP contribution in [-0.4, -0.2) is 122 Å². The molecule has 15 heteroatoms. The summed E-state index contributed by atoms with van der Waals surface area (Å²) in [5.74, 6) is 0.0249. The number of rotatable bonds is 15. The summed E-state index contributed by atoms with van der Waals surface area (Å²) in [5.41, 5.74) is 0.834. The van der Waals surface area contributed by atoms with Gasteiger partial charge in [-0.25, -0.2) is 14.8 Å². The van der Waals surface area contributed by atoms with Crippen LogP contribution in [0.15, 0.2) is 36.4 Å². The predicted octanol–water partition coefficient (Wildman–Crippen LogP) is 3.82. The number of morpholine rings is 1. The van der Waals surface area contributed by atoms with Crippen molar-refractivity contribution in [3.05, 3.63) is 42.1 Å². The minimum atomic E-state index is -3.51. The molecular formula is C32H47N6O8P. The Morgan fingerprint density at radius 1 is 0.936 bits per heavy atom. The van der Waals surface area contributed by atoms with Crippen molar-refractivity contribution in [1.82, 2.24) is 25.1 Å². The summed E-state index contributed by atoms with van der Waals surface area (Å²) < 4.78 is 35.1. The van der Waals surface area contributed by atoms with E-state index in [4.69, 9.17) is 23.5 Å². The van der Waals surface area contributed by atoms with Crippen molar-refractivity contribution in [2.24, 2.45) is 0 Å². The lowest BCUT2D eigenvalue weighted by Crippen LogP contribution is -2.56. The second-order valence-corrected chi connectivity index (χ2v) is 13.4. The lowest BCUT2D eigenvalue weighted by molar-refractivity contribution is -0.134. The Balaban J connectivity index is 1.55. The van der Waals surface area contributed by atoms with Gasteiger partial charge in [-0.15, -0.1) is 0 Å². The van der Waals surface area contributed by atoms with Gasteiger partial charge in [-0.1, -0.05) is 43.7 Å². The zero-order chi connectivity index (χ0) is 33.6. The number of piperazine rings is 1. The Labute approximate surface area is 276 Å². The summed E-state index contributed by atoms with van der Waals surface area (Å²) in [6, 6.07) is 9.92. The molecule has 0 radical (unpaired) electrons. The van der Waals surface area contributed by atoms with E-state index >= 15 is 0 Å².